The van der Waals surface area contributed by atoms with Gasteiger partial charge >= 0.3 is 5.97 Å². The molecule has 0 aliphatic carbocycles. The summed E-state index contributed by atoms with van der Waals surface area (Å²) in [6.07, 6.45) is -1.15. The molecule has 3 rings (SSSR count). The van der Waals surface area contributed by atoms with Crippen molar-refractivity contribution in [2.45, 2.75) is 176 Å². The van der Waals surface area contributed by atoms with Crippen molar-refractivity contribution in [2.24, 2.45) is 5.41 Å². The Bertz CT molecular complexity index is 1690. The second-order valence-corrected chi connectivity index (χ2v) is 22.5. The Morgan fingerprint density at radius 2 is 0.750 bits per heavy atom. The SMILES string of the molecule is CC(C)(C)c1cc(C(O)C(CO)(CO)CO)cc(C(C)(C)C)c1.CC(C)(C)c1ccc(C(C)(C(=O)O)c2ccc(C(C)(C)C)cc2C(C)(C)C)c(C(C)(C)C)c1. The number of aliphatic carboxylic acids is 1. The monoisotopic (exact) mass is 775 g/mol. The van der Waals surface area contributed by atoms with Crippen molar-refractivity contribution >= 4 is 5.97 Å². The highest BCUT2D eigenvalue weighted by atomic mass is 16.4. The van der Waals surface area contributed by atoms with Gasteiger partial charge in [-0.2, -0.15) is 0 Å². The maximum Gasteiger partial charge on any atom is 0.318 e. The van der Waals surface area contributed by atoms with Gasteiger partial charge in [0.15, 0.2) is 0 Å². The Morgan fingerprint density at radius 3 is 0.982 bits per heavy atom. The summed E-state index contributed by atoms with van der Waals surface area (Å²) in [6.45, 7) is 39.3. The fourth-order valence-corrected chi connectivity index (χ4v) is 6.95. The number of carboxylic acids is 1. The van der Waals surface area contributed by atoms with Gasteiger partial charge in [-0.1, -0.05) is 179 Å². The van der Waals surface area contributed by atoms with Crippen molar-refractivity contribution in [3.05, 3.63) is 105 Å². The summed E-state index contributed by atoms with van der Waals surface area (Å²) in [6, 6.07) is 18.8. The van der Waals surface area contributed by atoms with Gasteiger partial charge in [-0.05, 0) is 89.5 Å². The summed E-state index contributed by atoms with van der Waals surface area (Å²) >= 11 is 0. The number of carboxylic acid groups (broad SMARTS) is 1. The van der Waals surface area contributed by atoms with Crippen molar-refractivity contribution in [1.29, 1.82) is 0 Å². The first kappa shape index (κ1) is 49.1. The lowest BCUT2D eigenvalue weighted by Crippen LogP contribution is -2.40. The van der Waals surface area contributed by atoms with E-state index in [1.807, 2.05) is 19.1 Å². The first-order chi connectivity index (χ1) is 25.0. The second kappa shape index (κ2) is 16.7. The fraction of sp³-hybridized carbons (Fsp3) is 0.620. The minimum atomic E-state index is -1.36. The van der Waals surface area contributed by atoms with Gasteiger partial charge in [0, 0.05) is 0 Å². The summed E-state index contributed by atoms with van der Waals surface area (Å²) in [5, 5.41) is 50.3. The van der Waals surface area contributed by atoms with Gasteiger partial charge in [-0.15, -0.1) is 0 Å². The topological polar surface area (TPSA) is 118 Å². The lowest BCUT2D eigenvalue weighted by Gasteiger charge is -2.38. The molecule has 6 heteroatoms. The summed E-state index contributed by atoms with van der Waals surface area (Å²) in [4.78, 5) is 13.1. The average Bonchev–Trinajstić information content (AvgIpc) is 3.06. The highest BCUT2D eigenvalue weighted by Gasteiger charge is 2.44. The summed E-state index contributed by atoms with van der Waals surface area (Å²) < 4.78 is 0. The molecule has 314 valence electrons. The Labute approximate surface area is 340 Å². The van der Waals surface area contributed by atoms with E-state index in [0.717, 1.165) is 33.4 Å². The van der Waals surface area contributed by atoms with Crippen molar-refractivity contribution < 1.29 is 30.3 Å². The molecule has 0 spiro atoms. The van der Waals surface area contributed by atoms with Crippen LogP contribution in [0.4, 0.5) is 0 Å². The number of hydrogen-bond donors (Lipinski definition) is 5. The van der Waals surface area contributed by atoms with Crippen LogP contribution in [-0.2, 0) is 42.7 Å². The molecule has 56 heavy (non-hydrogen) atoms. The molecular formula is C50H78O6. The Kier molecular flexibility index (Phi) is 14.6. The first-order valence-corrected chi connectivity index (χ1v) is 20.2. The van der Waals surface area contributed by atoms with Gasteiger partial charge in [-0.3, -0.25) is 4.79 Å². The maximum atomic E-state index is 13.1. The van der Waals surface area contributed by atoms with E-state index in [1.165, 1.54) is 11.1 Å². The number of hydrogen-bond acceptors (Lipinski definition) is 5. The van der Waals surface area contributed by atoms with Gasteiger partial charge < -0.3 is 25.5 Å². The molecule has 1 atom stereocenters. The largest absolute Gasteiger partial charge is 0.480 e. The van der Waals surface area contributed by atoms with E-state index in [2.05, 4.69) is 167 Å². The predicted octanol–water partition coefficient (Wildman–Crippen LogP) is 10.5. The van der Waals surface area contributed by atoms with Gasteiger partial charge in [0.1, 0.15) is 5.41 Å². The van der Waals surface area contributed by atoms with E-state index >= 15 is 0 Å². The van der Waals surface area contributed by atoms with Gasteiger partial charge in [-0.25, -0.2) is 0 Å². The standard InChI is InChI=1S/C31H46O2.C19H32O4/c1-27(2,3)20-14-16-22(24(18-20)29(7,8)9)31(13,26(32)33)23-17-15-21(28(4,5)6)19-25(23)30(10,11)12;1-17(2,3)14-7-13(8-15(9-14)18(4,5)6)16(23)19(10-20,11-21)12-22/h14-19H,1-13H3,(H,32,33);7-9,16,20-23H,10-12H2,1-6H3. The zero-order valence-corrected chi connectivity index (χ0v) is 38.5. The highest BCUT2D eigenvalue weighted by molar-refractivity contribution is 5.87. The van der Waals surface area contributed by atoms with E-state index in [1.54, 1.807) is 0 Å². The molecule has 3 aromatic carbocycles. The van der Waals surface area contributed by atoms with E-state index < -0.39 is 42.7 Å². The van der Waals surface area contributed by atoms with Crippen LogP contribution in [0.25, 0.3) is 0 Å². The predicted molar refractivity (Wildman–Crippen MR) is 234 cm³/mol. The first-order valence-electron chi connectivity index (χ1n) is 20.2. The van der Waals surface area contributed by atoms with Crippen LogP contribution in [0.3, 0.4) is 0 Å². The molecule has 0 fully saturated rings. The Morgan fingerprint density at radius 1 is 0.446 bits per heavy atom. The minimum absolute atomic E-state index is 0.0108. The smallest absolute Gasteiger partial charge is 0.318 e. The van der Waals surface area contributed by atoms with Crippen LogP contribution in [0, 0.1) is 5.41 Å². The summed E-state index contributed by atoms with van der Waals surface area (Å²) in [7, 11) is 0. The lowest BCUT2D eigenvalue weighted by atomic mass is 9.65. The molecule has 6 nitrogen and oxygen atoms in total. The van der Waals surface area contributed by atoms with E-state index in [4.69, 9.17) is 0 Å². The Balaban J connectivity index is 0.000000413. The van der Waals surface area contributed by atoms with Gasteiger partial charge in [0.2, 0.25) is 0 Å². The second-order valence-electron chi connectivity index (χ2n) is 22.5. The fourth-order valence-electron chi connectivity index (χ4n) is 6.95. The van der Waals surface area contributed by atoms with Crippen LogP contribution in [0.15, 0.2) is 54.6 Å². The average molecular weight is 775 g/mol. The molecule has 1 unspecified atom stereocenters. The molecule has 0 heterocycles. The zero-order chi connectivity index (χ0) is 43.8. The van der Waals surface area contributed by atoms with Crippen LogP contribution < -0.4 is 0 Å². The number of aliphatic hydroxyl groups is 4. The van der Waals surface area contributed by atoms with E-state index in [-0.39, 0.29) is 32.5 Å². The van der Waals surface area contributed by atoms with Crippen molar-refractivity contribution in [3.8, 4) is 0 Å². The number of rotatable bonds is 8. The van der Waals surface area contributed by atoms with Crippen LogP contribution in [0.1, 0.15) is 188 Å². The summed E-state index contributed by atoms with van der Waals surface area (Å²) in [5.41, 5.74) is 6.02. The van der Waals surface area contributed by atoms with Gasteiger partial charge in [0.25, 0.3) is 0 Å². The van der Waals surface area contributed by atoms with E-state index in [0.29, 0.717) is 5.56 Å². The third-order valence-electron chi connectivity index (χ3n) is 11.4. The third kappa shape index (κ3) is 10.9. The van der Waals surface area contributed by atoms with Crippen molar-refractivity contribution in [1.82, 2.24) is 0 Å². The zero-order valence-electron chi connectivity index (χ0n) is 38.5. The van der Waals surface area contributed by atoms with Crippen molar-refractivity contribution in [2.75, 3.05) is 19.8 Å². The normalized spacial score (nSPS) is 14.3. The van der Waals surface area contributed by atoms with Gasteiger partial charge in [0.05, 0.1) is 31.3 Å². The Hall–Kier alpha value is -3.03. The highest BCUT2D eigenvalue weighted by Crippen LogP contribution is 2.45. The van der Waals surface area contributed by atoms with Crippen LogP contribution in [0.2, 0.25) is 0 Å². The number of aliphatic hydroxyl groups excluding tert-OH is 4. The maximum absolute atomic E-state index is 13.1. The molecule has 0 bridgehead atoms. The van der Waals surface area contributed by atoms with Crippen LogP contribution in [-0.4, -0.2) is 51.3 Å². The number of carbonyl (C=O) groups is 1. The molecule has 0 radical (unpaired) electrons. The van der Waals surface area contributed by atoms with Crippen molar-refractivity contribution in [3.63, 3.8) is 0 Å². The minimum Gasteiger partial charge on any atom is -0.480 e. The molecule has 0 amide bonds. The molecular weight excluding hydrogens is 697 g/mol. The molecule has 0 aromatic heterocycles. The third-order valence-corrected chi connectivity index (χ3v) is 11.4. The molecule has 3 aromatic rings. The lowest BCUT2D eigenvalue weighted by molar-refractivity contribution is -0.141. The molecule has 0 aliphatic rings. The molecule has 0 aliphatic heterocycles. The molecule has 0 saturated heterocycles. The van der Waals surface area contributed by atoms with E-state index in [9.17, 15) is 30.3 Å². The molecule has 0 saturated carbocycles. The summed E-state index contributed by atoms with van der Waals surface area (Å²) in [5.74, 6) is -0.814. The quantitative estimate of drug-likeness (QED) is 0.156. The molecule has 5 N–H and O–H groups in total. The van der Waals surface area contributed by atoms with Crippen LogP contribution in [0.5, 0.6) is 0 Å². The van der Waals surface area contributed by atoms with Crippen LogP contribution >= 0.6 is 0 Å². The number of benzene rings is 3.